The van der Waals surface area contributed by atoms with Gasteiger partial charge in [0.2, 0.25) is 6.41 Å². The lowest BCUT2D eigenvalue weighted by molar-refractivity contribution is -0.149. The van der Waals surface area contributed by atoms with Crippen LogP contribution in [0.25, 0.3) is 0 Å². The largest absolute Gasteiger partial charge is 0.464 e. The number of benzene rings is 1. The van der Waals surface area contributed by atoms with Crippen LogP contribution >= 0.6 is 0 Å². The summed E-state index contributed by atoms with van der Waals surface area (Å²) in [7, 11) is 0. The molecule has 6 heteroatoms. The fourth-order valence-corrected chi connectivity index (χ4v) is 2.02. The van der Waals surface area contributed by atoms with E-state index in [9.17, 15) is 19.5 Å². The second-order valence-corrected chi connectivity index (χ2v) is 4.91. The van der Waals surface area contributed by atoms with Crippen LogP contribution in [0, 0.1) is 0 Å². The molecule has 1 aromatic carbocycles. The minimum atomic E-state index is -1.32. The van der Waals surface area contributed by atoms with Crippen LogP contribution in [0.1, 0.15) is 30.1 Å². The first-order valence-corrected chi connectivity index (χ1v) is 7.31. The number of carbonyl (C=O) groups is 3. The van der Waals surface area contributed by atoms with Crippen molar-refractivity contribution in [2.45, 2.75) is 31.9 Å². The Hall–Kier alpha value is -2.47. The summed E-state index contributed by atoms with van der Waals surface area (Å²) in [6.07, 6.45) is -0.655. The second kappa shape index (κ2) is 9.53. The van der Waals surface area contributed by atoms with Gasteiger partial charge in [-0.15, -0.1) is 0 Å². The van der Waals surface area contributed by atoms with E-state index in [1.54, 1.807) is 31.2 Å². The molecule has 0 radical (unpaired) electrons. The Morgan fingerprint density at radius 1 is 1.30 bits per heavy atom. The van der Waals surface area contributed by atoms with Crippen molar-refractivity contribution in [3.63, 3.8) is 0 Å². The quantitative estimate of drug-likeness (QED) is 0.293. The van der Waals surface area contributed by atoms with Gasteiger partial charge in [-0.2, -0.15) is 0 Å². The third-order valence-corrected chi connectivity index (χ3v) is 3.29. The van der Waals surface area contributed by atoms with E-state index < -0.39 is 18.1 Å². The van der Waals surface area contributed by atoms with Gasteiger partial charge in [0.1, 0.15) is 6.10 Å². The van der Waals surface area contributed by atoms with Gasteiger partial charge in [0.25, 0.3) is 0 Å². The fraction of sp³-hybridized carbons (Fsp3) is 0.353. The zero-order valence-corrected chi connectivity index (χ0v) is 13.0. The van der Waals surface area contributed by atoms with E-state index in [2.05, 4.69) is 11.9 Å². The van der Waals surface area contributed by atoms with Gasteiger partial charge in [-0.25, -0.2) is 4.79 Å². The number of hydrogen-bond acceptors (Lipinski definition) is 5. The zero-order chi connectivity index (χ0) is 17.2. The molecule has 0 heterocycles. The SMILES string of the molecule is C=C(CCC(=O)c1ccccc1)C(O)C(NC=O)C(=O)OCC. The summed E-state index contributed by atoms with van der Waals surface area (Å²) in [6.45, 7) is 5.45. The topological polar surface area (TPSA) is 92.7 Å². The van der Waals surface area contributed by atoms with E-state index in [1.165, 1.54) is 0 Å². The third-order valence-electron chi connectivity index (χ3n) is 3.29. The maximum Gasteiger partial charge on any atom is 0.331 e. The Balaban J connectivity index is 2.62. The average molecular weight is 319 g/mol. The maximum absolute atomic E-state index is 12.0. The molecule has 2 N–H and O–H groups in total. The van der Waals surface area contributed by atoms with Crippen LogP contribution in [0.3, 0.4) is 0 Å². The van der Waals surface area contributed by atoms with Crippen LogP contribution in [-0.4, -0.2) is 42.0 Å². The molecule has 6 nitrogen and oxygen atoms in total. The summed E-state index contributed by atoms with van der Waals surface area (Å²) in [5.74, 6) is -0.836. The van der Waals surface area contributed by atoms with Crippen LogP contribution in [0.2, 0.25) is 0 Å². The van der Waals surface area contributed by atoms with E-state index in [-0.39, 0.29) is 30.8 Å². The Labute approximate surface area is 135 Å². The molecule has 1 rings (SSSR count). The second-order valence-electron chi connectivity index (χ2n) is 4.91. The molecule has 23 heavy (non-hydrogen) atoms. The molecule has 0 aliphatic rings. The molecule has 0 saturated carbocycles. The van der Waals surface area contributed by atoms with E-state index in [0.29, 0.717) is 12.0 Å². The molecule has 0 fully saturated rings. The number of rotatable bonds is 10. The molecule has 0 aliphatic carbocycles. The normalized spacial score (nSPS) is 12.8. The molecule has 0 aliphatic heterocycles. The number of ether oxygens (including phenoxy) is 1. The van der Waals surface area contributed by atoms with Gasteiger partial charge in [-0.05, 0) is 18.9 Å². The van der Waals surface area contributed by atoms with Gasteiger partial charge < -0.3 is 15.2 Å². The van der Waals surface area contributed by atoms with Gasteiger partial charge in [0.05, 0.1) is 6.61 Å². The number of aliphatic hydroxyl groups is 1. The Morgan fingerprint density at radius 3 is 2.52 bits per heavy atom. The summed E-state index contributed by atoms with van der Waals surface area (Å²) in [4.78, 5) is 34.3. The maximum atomic E-state index is 12.0. The van der Waals surface area contributed by atoms with E-state index in [4.69, 9.17) is 4.74 Å². The lowest BCUT2D eigenvalue weighted by Gasteiger charge is -2.22. The molecule has 2 atom stereocenters. The number of carbonyl (C=O) groups excluding carboxylic acids is 3. The molecular formula is C17H21NO5. The van der Waals surface area contributed by atoms with Crippen molar-refractivity contribution in [3.8, 4) is 0 Å². The first-order valence-electron chi connectivity index (χ1n) is 7.31. The first-order chi connectivity index (χ1) is 11.0. The Bertz CT molecular complexity index is 555. The lowest BCUT2D eigenvalue weighted by atomic mass is 9.97. The van der Waals surface area contributed by atoms with Gasteiger partial charge in [-0.3, -0.25) is 9.59 Å². The lowest BCUT2D eigenvalue weighted by Crippen LogP contribution is -2.47. The molecule has 1 aromatic rings. The van der Waals surface area contributed by atoms with Crippen LogP contribution in [0.4, 0.5) is 0 Å². The molecule has 0 bridgehead atoms. The number of nitrogens with one attached hydrogen (secondary N) is 1. The van der Waals surface area contributed by atoms with Gasteiger partial charge in [0, 0.05) is 12.0 Å². The summed E-state index contributed by atoms with van der Waals surface area (Å²) < 4.78 is 4.79. The van der Waals surface area contributed by atoms with Crippen molar-refractivity contribution >= 4 is 18.2 Å². The summed E-state index contributed by atoms with van der Waals surface area (Å²) in [6, 6.07) is 7.53. The molecule has 0 spiro atoms. The number of hydrogen-bond donors (Lipinski definition) is 2. The van der Waals surface area contributed by atoms with Gasteiger partial charge >= 0.3 is 5.97 Å². The highest BCUT2D eigenvalue weighted by molar-refractivity contribution is 5.96. The number of Topliss-reactive ketones (excluding diaryl/α,β-unsaturated/α-hetero) is 1. The molecule has 0 saturated heterocycles. The van der Waals surface area contributed by atoms with E-state index >= 15 is 0 Å². The van der Waals surface area contributed by atoms with Crippen molar-refractivity contribution in [1.29, 1.82) is 0 Å². The fourth-order valence-electron chi connectivity index (χ4n) is 2.02. The summed E-state index contributed by atoms with van der Waals surface area (Å²) >= 11 is 0. The van der Waals surface area contributed by atoms with Crippen LogP contribution in [0.5, 0.6) is 0 Å². The number of esters is 1. The highest BCUT2D eigenvalue weighted by Gasteiger charge is 2.29. The minimum Gasteiger partial charge on any atom is -0.464 e. The predicted molar refractivity (Wildman–Crippen MR) is 84.8 cm³/mol. The van der Waals surface area contributed by atoms with Gasteiger partial charge in [0.15, 0.2) is 11.8 Å². The molecular weight excluding hydrogens is 298 g/mol. The first kappa shape index (κ1) is 18.6. The smallest absolute Gasteiger partial charge is 0.331 e. The standard InChI is InChI=1S/C17H21NO5/c1-3-23-17(22)15(18-11-19)16(21)12(2)9-10-14(20)13-7-5-4-6-8-13/h4-8,11,15-16,21H,2-3,9-10H2,1H3,(H,18,19). The van der Waals surface area contributed by atoms with Crippen molar-refractivity contribution < 1.29 is 24.2 Å². The van der Waals surface area contributed by atoms with E-state index in [1.807, 2.05) is 6.07 Å². The third kappa shape index (κ3) is 5.67. The van der Waals surface area contributed by atoms with Crippen LogP contribution < -0.4 is 5.32 Å². The van der Waals surface area contributed by atoms with Crippen molar-refractivity contribution in [2.24, 2.45) is 0 Å². The number of amides is 1. The summed E-state index contributed by atoms with van der Waals surface area (Å²) in [5.41, 5.74) is 0.851. The van der Waals surface area contributed by atoms with Crippen LogP contribution in [0.15, 0.2) is 42.5 Å². The van der Waals surface area contributed by atoms with Gasteiger partial charge in [-0.1, -0.05) is 36.9 Å². The molecule has 2 unspecified atom stereocenters. The average Bonchev–Trinajstić information content (AvgIpc) is 2.57. The predicted octanol–water partition coefficient (Wildman–Crippen LogP) is 1.24. The monoisotopic (exact) mass is 319 g/mol. The highest BCUT2D eigenvalue weighted by Crippen LogP contribution is 2.15. The molecule has 124 valence electrons. The van der Waals surface area contributed by atoms with E-state index in [0.717, 1.165) is 0 Å². The summed E-state index contributed by atoms with van der Waals surface area (Å²) in [5, 5.41) is 12.4. The minimum absolute atomic E-state index is 0.0880. The highest BCUT2D eigenvalue weighted by atomic mass is 16.5. The Morgan fingerprint density at radius 2 is 1.96 bits per heavy atom. The van der Waals surface area contributed by atoms with Crippen molar-refractivity contribution in [2.75, 3.05) is 6.61 Å². The van der Waals surface area contributed by atoms with Crippen molar-refractivity contribution in [3.05, 3.63) is 48.0 Å². The Kier molecular flexibility index (Phi) is 7.70. The number of ketones is 1. The zero-order valence-electron chi connectivity index (χ0n) is 13.0. The van der Waals surface area contributed by atoms with Crippen molar-refractivity contribution in [1.82, 2.24) is 5.32 Å². The number of aliphatic hydroxyl groups excluding tert-OH is 1. The molecule has 0 aromatic heterocycles. The molecule has 1 amide bonds. The van der Waals surface area contributed by atoms with Crippen LogP contribution in [-0.2, 0) is 14.3 Å².